The molecule has 2 rings (SSSR count). The highest BCUT2D eigenvalue weighted by Crippen LogP contribution is 2.35. The van der Waals surface area contributed by atoms with Crippen LogP contribution in [0.15, 0.2) is 18.2 Å². The maximum Gasteiger partial charge on any atom is 0.325 e. The van der Waals surface area contributed by atoms with Gasteiger partial charge in [-0.05, 0) is 31.5 Å². The van der Waals surface area contributed by atoms with Crippen LogP contribution in [-0.4, -0.2) is 37.6 Å². The lowest BCUT2D eigenvalue weighted by molar-refractivity contribution is -0.130. The highest BCUT2D eigenvalue weighted by molar-refractivity contribution is 6.07. The molecule has 0 saturated carbocycles. The maximum absolute atomic E-state index is 12.4. The summed E-state index contributed by atoms with van der Waals surface area (Å²) in [4.78, 5) is 25.4. The average molecular weight is 278 g/mol. The molecular weight excluding hydrogens is 260 g/mol. The largest absolute Gasteiger partial charge is 0.493 e. The molecule has 1 aliphatic heterocycles. The number of hydrogen-bond donors (Lipinski definition) is 1. The van der Waals surface area contributed by atoms with Crippen LogP contribution in [0.5, 0.6) is 11.5 Å². The van der Waals surface area contributed by atoms with Crippen LogP contribution in [0.3, 0.4) is 0 Å². The first kappa shape index (κ1) is 14.2. The summed E-state index contributed by atoms with van der Waals surface area (Å²) in [7, 11) is 3.07. The normalized spacial score (nSPS) is 21.9. The van der Waals surface area contributed by atoms with Crippen LogP contribution in [0.4, 0.5) is 4.79 Å². The number of methoxy groups -OCH3 is 2. The molecular formula is C14H18N2O4. The van der Waals surface area contributed by atoms with Gasteiger partial charge in [-0.2, -0.15) is 0 Å². The Morgan fingerprint density at radius 1 is 1.20 bits per heavy atom. The monoisotopic (exact) mass is 278 g/mol. The van der Waals surface area contributed by atoms with Crippen molar-refractivity contribution >= 4 is 11.9 Å². The minimum absolute atomic E-state index is 0.266. The van der Waals surface area contributed by atoms with E-state index in [1.165, 1.54) is 12.0 Å². The van der Waals surface area contributed by atoms with Gasteiger partial charge in [0.15, 0.2) is 11.5 Å². The Morgan fingerprint density at radius 3 is 2.35 bits per heavy atom. The van der Waals surface area contributed by atoms with Gasteiger partial charge in [-0.3, -0.25) is 9.69 Å². The quantitative estimate of drug-likeness (QED) is 0.847. The third-order valence-corrected chi connectivity index (χ3v) is 3.55. The summed E-state index contributed by atoms with van der Waals surface area (Å²) in [6, 6.07) is 4.79. The molecule has 0 spiro atoms. The number of urea groups is 1. The molecule has 1 heterocycles. The summed E-state index contributed by atoms with van der Waals surface area (Å²) >= 11 is 0. The zero-order valence-electron chi connectivity index (χ0n) is 12.0. The lowest BCUT2D eigenvalue weighted by Gasteiger charge is -2.23. The smallest absolute Gasteiger partial charge is 0.325 e. The Morgan fingerprint density at radius 2 is 1.85 bits per heavy atom. The molecule has 1 aromatic carbocycles. The van der Waals surface area contributed by atoms with Crippen LogP contribution in [-0.2, 0) is 10.3 Å². The summed E-state index contributed by atoms with van der Waals surface area (Å²) in [5, 5.41) is 2.73. The van der Waals surface area contributed by atoms with E-state index in [2.05, 4.69) is 5.32 Å². The number of nitrogens with zero attached hydrogens (tertiary/aromatic N) is 1. The summed E-state index contributed by atoms with van der Waals surface area (Å²) in [6.45, 7) is 3.79. The Bertz CT molecular complexity index is 558. The summed E-state index contributed by atoms with van der Waals surface area (Å²) < 4.78 is 10.4. The number of amides is 3. The van der Waals surface area contributed by atoms with E-state index in [1.807, 2.05) is 0 Å². The number of carbonyl (C=O) groups excluding carboxylic acids is 2. The molecule has 1 unspecified atom stereocenters. The van der Waals surface area contributed by atoms with Gasteiger partial charge >= 0.3 is 6.03 Å². The minimum Gasteiger partial charge on any atom is -0.493 e. The van der Waals surface area contributed by atoms with Gasteiger partial charge < -0.3 is 14.8 Å². The predicted octanol–water partition coefficient (Wildman–Crippen LogP) is 1.49. The SMILES string of the molecule is CCN1C(=O)NC(C)(c2ccc(OC)c(OC)c2)C1=O. The number of hydrogen-bond acceptors (Lipinski definition) is 4. The van der Waals surface area contributed by atoms with E-state index in [-0.39, 0.29) is 11.9 Å². The summed E-state index contributed by atoms with van der Waals surface area (Å²) in [6.07, 6.45) is 0. The fraction of sp³-hybridized carbons (Fsp3) is 0.429. The predicted molar refractivity (Wildman–Crippen MR) is 72.8 cm³/mol. The van der Waals surface area contributed by atoms with Crippen LogP contribution in [0, 0.1) is 0 Å². The first-order chi connectivity index (χ1) is 9.47. The topological polar surface area (TPSA) is 67.9 Å². The molecule has 1 aliphatic rings. The van der Waals surface area contributed by atoms with Crippen molar-refractivity contribution in [2.45, 2.75) is 19.4 Å². The number of ether oxygens (including phenoxy) is 2. The molecule has 0 aromatic heterocycles. The number of imide groups is 1. The fourth-order valence-electron chi connectivity index (χ4n) is 2.33. The van der Waals surface area contributed by atoms with Gasteiger partial charge in [0.25, 0.3) is 5.91 Å². The molecule has 6 nitrogen and oxygen atoms in total. The van der Waals surface area contributed by atoms with Crippen molar-refractivity contribution in [1.29, 1.82) is 0 Å². The van der Waals surface area contributed by atoms with E-state index in [0.29, 0.717) is 23.6 Å². The number of likely N-dealkylation sites (N-methyl/N-ethyl adjacent to an activating group) is 1. The summed E-state index contributed by atoms with van der Waals surface area (Å²) in [5.41, 5.74) is -0.420. The number of rotatable bonds is 4. The second-order valence-corrected chi connectivity index (χ2v) is 4.67. The molecule has 20 heavy (non-hydrogen) atoms. The molecule has 108 valence electrons. The van der Waals surface area contributed by atoms with Crippen molar-refractivity contribution in [3.05, 3.63) is 23.8 Å². The maximum atomic E-state index is 12.4. The Balaban J connectivity index is 2.45. The second kappa shape index (κ2) is 5.03. The highest BCUT2D eigenvalue weighted by atomic mass is 16.5. The average Bonchev–Trinajstić information content (AvgIpc) is 2.68. The Kier molecular flexibility index (Phi) is 3.57. The fourth-order valence-corrected chi connectivity index (χ4v) is 2.33. The first-order valence-electron chi connectivity index (χ1n) is 6.34. The van der Waals surface area contributed by atoms with Gasteiger partial charge in [-0.15, -0.1) is 0 Å². The van der Waals surface area contributed by atoms with Gasteiger partial charge in [0.1, 0.15) is 5.54 Å². The van der Waals surface area contributed by atoms with E-state index >= 15 is 0 Å². The molecule has 1 saturated heterocycles. The molecule has 1 fully saturated rings. The van der Waals surface area contributed by atoms with Gasteiger partial charge in [-0.25, -0.2) is 4.79 Å². The van der Waals surface area contributed by atoms with Crippen molar-refractivity contribution in [3.63, 3.8) is 0 Å². The van der Waals surface area contributed by atoms with Gasteiger partial charge in [0, 0.05) is 6.54 Å². The highest BCUT2D eigenvalue weighted by Gasteiger charge is 2.48. The van der Waals surface area contributed by atoms with Crippen LogP contribution < -0.4 is 14.8 Å². The van der Waals surface area contributed by atoms with E-state index in [1.54, 1.807) is 39.2 Å². The third-order valence-electron chi connectivity index (χ3n) is 3.55. The van der Waals surface area contributed by atoms with E-state index in [4.69, 9.17) is 9.47 Å². The minimum atomic E-state index is -1.08. The van der Waals surface area contributed by atoms with Gasteiger partial charge in [-0.1, -0.05) is 6.07 Å². The number of nitrogens with one attached hydrogen (secondary N) is 1. The summed E-state index contributed by atoms with van der Waals surface area (Å²) in [5.74, 6) is 0.824. The molecule has 6 heteroatoms. The molecule has 1 N–H and O–H groups in total. The van der Waals surface area contributed by atoms with Crippen molar-refractivity contribution < 1.29 is 19.1 Å². The van der Waals surface area contributed by atoms with Crippen LogP contribution in [0.2, 0.25) is 0 Å². The molecule has 3 amide bonds. The van der Waals surface area contributed by atoms with Crippen LogP contribution >= 0.6 is 0 Å². The Hall–Kier alpha value is -2.24. The van der Waals surface area contributed by atoms with E-state index < -0.39 is 5.54 Å². The zero-order valence-corrected chi connectivity index (χ0v) is 12.0. The molecule has 1 atom stereocenters. The van der Waals surface area contributed by atoms with Gasteiger partial charge in [0.05, 0.1) is 14.2 Å². The van der Waals surface area contributed by atoms with Crippen molar-refractivity contribution in [2.24, 2.45) is 0 Å². The van der Waals surface area contributed by atoms with Crippen molar-refractivity contribution in [2.75, 3.05) is 20.8 Å². The number of benzene rings is 1. The molecule has 0 aliphatic carbocycles. The third kappa shape index (κ3) is 1.97. The second-order valence-electron chi connectivity index (χ2n) is 4.67. The first-order valence-corrected chi connectivity index (χ1v) is 6.34. The lowest BCUT2D eigenvalue weighted by Crippen LogP contribution is -2.40. The Labute approximate surface area is 117 Å². The van der Waals surface area contributed by atoms with Crippen LogP contribution in [0.1, 0.15) is 19.4 Å². The van der Waals surface area contributed by atoms with Crippen molar-refractivity contribution in [1.82, 2.24) is 10.2 Å². The molecule has 1 aromatic rings. The standard InChI is InChI=1S/C14H18N2O4/c1-5-16-12(17)14(2,15-13(16)18)9-6-7-10(19-3)11(8-9)20-4/h6-8H,5H2,1-4H3,(H,15,18). The lowest BCUT2D eigenvalue weighted by atomic mass is 9.91. The van der Waals surface area contributed by atoms with Gasteiger partial charge in [0.2, 0.25) is 0 Å². The van der Waals surface area contributed by atoms with E-state index in [9.17, 15) is 9.59 Å². The number of carbonyl (C=O) groups is 2. The van der Waals surface area contributed by atoms with Crippen molar-refractivity contribution in [3.8, 4) is 11.5 Å². The zero-order chi connectivity index (χ0) is 14.9. The molecule has 0 radical (unpaired) electrons. The van der Waals surface area contributed by atoms with Crippen LogP contribution in [0.25, 0.3) is 0 Å². The van der Waals surface area contributed by atoms with E-state index in [0.717, 1.165) is 0 Å². The molecule has 0 bridgehead atoms.